The minimum atomic E-state index is -4.41. The summed E-state index contributed by atoms with van der Waals surface area (Å²) in [4.78, 5) is 27.0. The molecule has 174 valence electrons. The number of fused-ring (bicyclic) bond motifs is 1. The number of aromatic nitrogens is 3. The Balaban J connectivity index is 1.68. The molecule has 1 saturated heterocycles. The van der Waals surface area contributed by atoms with Crippen LogP contribution in [-0.4, -0.2) is 38.8 Å². The summed E-state index contributed by atoms with van der Waals surface area (Å²) in [5.41, 5.74) is 1.60. The third kappa shape index (κ3) is 4.62. The Morgan fingerprint density at radius 2 is 2.00 bits per heavy atom. The quantitative estimate of drug-likeness (QED) is 0.585. The van der Waals surface area contributed by atoms with Crippen molar-refractivity contribution in [2.45, 2.75) is 52.3 Å². The Bertz CT molecular complexity index is 1210. The zero-order chi connectivity index (χ0) is 23.9. The lowest BCUT2D eigenvalue weighted by Gasteiger charge is -2.21. The molecule has 1 amide bonds. The van der Waals surface area contributed by atoms with Crippen molar-refractivity contribution in [2.75, 3.05) is 18.4 Å². The second-order valence-electron chi connectivity index (χ2n) is 8.59. The molecular formula is C24H26F3N5O. The number of carbonyl (C=O) groups excluding carboxylic acids is 1. The van der Waals surface area contributed by atoms with Crippen LogP contribution in [0.5, 0.6) is 0 Å². The van der Waals surface area contributed by atoms with Gasteiger partial charge in [0.1, 0.15) is 11.6 Å². The van der Waals surface area contributed by atoms with Crippen LogP contribution in [-0.2, 0) is 11.0 Å². The van der Waals surface area contributed by atoms with E-state index < -0.39 is 17.8 Å². The average molecular weight is 458 g/mol. The van der Waals surface area contributed by atoms with Crippen molar-refractivity contribution in [2.24, 2.45) is 0 Å². The summed E-state index contributed by atoms with van der Waals surface area (Å²) in [6.07, 6.45) is -1.78. The van der Waals surface area contributed by atoms with E-state index in [1.807, 2.05) is 17.9 Å². The maximum absolute atomic E-state index is 13.4. The molecule has 0 saturated carbocycles. The number of likely N-dealkylation sites (tertiary alicyclic amines) is 1. The van der Waals surface area contributed by atoms with Crippen LogP contribution in [0.3, 0.4) is 0 Å². The number of pyridine rings is 1. The van der Waals surface area contributed by atoms with Gasteiger partial charge in [-0.1, -0.05) is 12.1 Å². The molecular weight excluding hydrogens is 431 g/mol. The van der Waals surface area contributed by atoms with Crippen LogP contribution >= 0.6 is 0 Å². The van der Waals surface area contributed by atoms with Gasteiger partial charge in [-0.3, -0.25) is 4.79 Å². The van der Waals surface area contributed by atoms with E-state index >= 15 is 0 Å². The summed E-state index contributed by atoms with van der Waals surface area (Å²) >= 11 is 0. The second kappa shape index (κ2) is 8.61. The van der Waals surface area contributed by atoms with Crippen molar-refractivity contribution < 1.29 is 18.0 Å². The van der Waals surface area contributed by atoms with Crippen LogP contribution in [0.4, 0.5) is 19.0 Å². The van der Waals surface area contributed by atoms with E-state index in [0.29, 0.717) is 41.3 Å². The van der Waals surface area contributed by atoms with Crippen molar-refractivity contribution in [3.8, 4) is 0 Å². The lowest BCUT2D eigenvalue weighted by Crippen LogP contribution is -2.25. The maximum Gasteiger partial charge on any atom is 0.416 e. The number of rotatable bonds is 4. The highest BCUT2D eigenvalue weighted by Crippen LogP contribution is 2.36. The van der Waals surface area contributed by atoms with Gasteiger partial charge in [0.15, 0.2) is 5.65 Å². The highest BCUT2D eigenvalue weighted by atomic mass is 19.4. The molecule has 3 aromatic rings. The molecule has 2 aromatic heterocycles. The van der Waals surface area contributed by atoms with Gasteiger partial charge in [-0.05, 0) is 56.0 Å². The van der Waals surface area contributed by atoms with Gasteiger partial charge < -0.3 is 10.2 Å². The summed E-state index contributed by atoms with van der Waals surface area (Å²) < 4.78 is 40.1. The summed E-state index contributed by atoms with van der Waals surface area (Å²) in [6.45, 7) is 7.96. The molecule has 4 rings (SSSR count). The Morgan fingerprint density at radius 1 is 1.24 bits per heavy atom. The molecule has 1 aliphatic heterocycles. The number of nitrogens with zero attached hydrogens (tertiary/aromatic N) is 4. The number of alkyl halides is 3. The number of amides is 1. The number of halogens is 3. The number of nitrogens with one attached hydrogen (secondary N) is 1. The number of hydrogen-bond donors (Lipinski definition) is 1. The van der Waals surface area contributed by atoms with E-state index in [1.165, 1.54) is 13.0 Å². The van der Waals surface area contributed by atoms with Gasteiger partial charge in [0.25, 0.3) is 0 Å². The molecule has 1 aliphatic rings. The number of anilines is 1. The fraction of sp³-hybridized carbons (Fsp3) is 0.417. The average Bonchev–Trinajstić information content (AvgIpc) is 3.23. The highest BCUT2D eigenvalue weighted by Gasteiger charge is 2.33. The van der Waals surface area contributed by atoms with Crippen LogP contribution in [0.15, 0.2) is 30.5 Å². The number of benzene rings is 1. The number of carbonyl (C=O) groups is 1. The summed E-state index contributed by atoms with van der Waals surface area (Å²) in [7, 11) is 0. The monoisotopic (exact) mass is 457 g/mol. The topological polar surface area (TPSA) is 71.0 Å². The first-order chi connectivity index (χ1) is 15.5. The van der Waals surface area contributed by atoms with E-state index in [-0.39, 0.29) is 17.4 Å². The predicted molar refractivity (Wildman–Crippen MR) is 120 cm³/mol. The summed E-state index contributed by atoms with van der Waals surface area (Å²) in [5.74, 6) is 1.26. The molecule has 1 fully saturated rings. The van der Waals surface area contributed by atoms with Crippen molar-refractivity contribution in [3.63, 3.8) is 0 Å². The molecule has 2 atom stereocenters. The van der Waals surface area contributed by atoms with Gasteiger partial charge in [0, 0.05) is 32.1 Å². The fourth-order valence-corrected chi connectivity index (χ4v) is 4.50. The van der Waals surface area contributed by atoms with E-state index in [2.05, 4.69) is 20.3 Å². The molecule has 1 unspecified atom stereocenters. The van der Waals surface area contributed by atoms with E-state index in [9.17, 15) is 18.0 Å². The fourth-order valence-electron chi connectivity index (χ4n) is 4.50. The molecule has 6 nitrogen and oxygen atoms in total. The SMILES string of the molecule is CC(=O)N1CCC(c2cnc3nc(C)nc(N[C@H](C)c4cccc(C(F)(F)F)c4C)c3c2)C1. The van der Waals surface area contributed by atoms with Crippen LogP contribution in [0.1, 0.15) is 60.3 Å². The normalized spacial score (nSPS) is 17.4. The molecule has 9 heteroatoms. The minimum Gasteiger partial charge on any atom is -0.363 e. The molecule has 0 spiro atoms. The zero-order valence-corrected chi connectivity index (χ0v) is 19.0. The first-order valence-electron chi connectivity index (χ1n) is 10.9. The molecule has 33 heavy (non-hydrogen) atoms. The third-order valence-corrected chi connectivity index (χ3v) is 6.29. The van der Waals surface area contributed by atoms with Crippen LogP contribution < -0.4 is 5.32 Å². The molecule has 0 radical (unpaired) electrons. The summed E-state index contributed by atoms with van der Waals surface area (Å²) in [5, 5.41) is 3.99. The standard InChI is InChI=1S/C24H26F3N5O/c1-13-19(6-5-7-21(13)24(25,26)27)14(2)29-23-20-10-18(11-28-22(20)30-15(3)31-23)17-8-9-32(12-17)16(4)33/h5-7,10-11,14,17H,8-9,12H2,1-4H3,(H,28,29,30,31)/t14-,17?/m1/s1. The van der Waals surface area contributed by atoms with Crippen LogP contribution in [0, 0.1) is 13.8 Å². The van der Waals surface area contributed by atoms with Crippen LogP contribution in [0.2, 0.25) is 0 Å². The lowest BCUT2D eigenvalue weighted by molar-refractivity contribution is -0.138. The van der Waals surface area contributed by atoms with Crippen molar-refractivity contribution in [3.05, 3.63) is 58.5 Å². The predicted octanol–water partition coefficient (Wildman–Crippen LogP) is 5.17. The van der Waals surface area contributed by atoms with Gasteiger partial charge in [0.2, 0.25) is 5.91 Å². The largest absolute Gasteiger partial charge is 0.416 e. The van der Waals surface area contributed by atoms with Gasteiger partial charge in [-0.2, -0.15) is 13.2 Å². The molecule has 0 bridgehead atoms. The molecule has 1 N–H and O–H groups in total. The van der Waals surface area contributed by atoms with Gasteiger partial charge >= 0.3 is 6.18 Å². The number of aryl methyl sites for hydroxylation is 1. The molecule has 3 heterocycles. The number of hydrogen-bond acceptors (Lipinski definition) is 5. The Hall–Kier alpha value is -3.23. The van der Waals surface area contributed by atoms with E-state index in [0.717, 1.165) is 18.1 Å². The maximum atomic E-state index is 13.4. The zero-order valence-electron chi connectivity index (χ0n) is 19.0. The third-order valence-electron chi connectivity index (χ3n) is 6.29. The van der Waals surface area contributed by atoms with E-state index in [1.54, 1.807) is 26.1 Å². The van der Waals surface area contributed by atoms with E-state index in [4.69, 9.17) is 0 Å². The molecule has 0 aliphatic carbocycles. The molecule has 1 aromatic carbocycles. The minimum absolute atomic E-state index is 0.0536. The van der Waals surface area contributed by atoms with Crippen molar-refractivity contribution in [1.82, 2.24) is 19.9 Å². The van der Waals surface area contributed by atoms with Gasteiger partial charge in [-0.15, -0.1) is 0 Å². The lowest BCUT2D eigenvalue weighted by atomic mass is 9.97. The van der Waals surface area contributed by atoms with Gasteiger partial charge in [-0.25, -0.2) is 15.0 Å². The Labute approximate surface area is 190 Å². The first kappa shape index (κ1) is 22.9. The second-order valence-corrected chi connectivity index (χ2v) is 8.59. The Kier molecular flexibility index (Phi) is 5.99. The summed E-state index contributed by atoms with van der Waals surface area (Å²) in [6, 6.07) is 5.76. The highest BCUT2D eigenvalue weighted by molar-refractivity contribution is 5.87. The Morgan fingerprint density at radius 3 is 2.67 bits per heavy atom. The first-order valence-corrected chi connectivity index (χ1v) is 10.9. The smallest absolute Gasteiger partial charge is 0.363 e. The van der Waals surface area contributed by atoms with Crippen molar-refractivity contribution >= 4 is 22.8 Å². The van der Waals surface area contributed by atoms with Crippen molar-refractivity contribution in [1.29, 1.82) is 0 Å². The van der Waals surface area contributed by atoms with Gasteiger partial charge in [0.05, 0.1) is 17.0 Å². The van der Waals surface area contributed by atoms with Crippen LogP contribution in [0.25, 0.3) is 11.0 Å².